The lowest BCUT2D eigenvalue weighted by atomic mass is 9.82. The van der Waals surface area contributed by atoms with Gasteiger partial charge in [-0.15, -0.1) is 0 Å². The summed E-state index contributed by atoms with van der Waals surface area (Å²) in [6.45, 7) is 0. The van der Waals surface area contributed by atoms with Crippen LogP contribution in [0.15, 0.2) is 97.4 Å². The number of halogens is 1. The molecule has 168 valence electrons. The second-order valence-corrected chi connectivity index (χ2v) is 8.62. The topological polar surface area (TPSA) is 29.1 Å². The molecule has 2 nitrogen and oxygen atoms in total. The number of rotatable bonds is 2. The van der Waals surface area contributed by atoms with Crippen molar-refractivity contribution in [2.45, 2.75) is 19.3 Å². The van der Waals surface area contributed by atoms with Gasteiger partial charge >= 0.3 is 0 Å². The zero-order valence-electron chi connectivity index (χ0n) is 18.9. The van der Waals surface area contributed by atoms with E-state index in [9.17, 15) is 9.18 Å². The Bertz CT molecular complexity index is 1420. The normalized spacial score (nSPS) is 16.8. The van der Waals surface area contributed by atoms with Crippen molar-refractivity contribution in [1.82, 2.24) is 5.32 Å². The van der Waals surface area contributed by atoms with Crippen LogP contribution in [-0.4, -0.2) is 5.78 Å². The molecule has 0 aromatic heterocycles. The van der Waals surface area contributed by atoms with Crippen LogP contribution in [0.4, 0.5) is 4.39 Å². The Kier molecular flexibility index (Phi) is 6.35. The quantitative estimate of drug-likeness (QED) is 0.545. The number of nitrogens with one attached hydrogen (secondary N) is 1. The molecule has 0 spiro atoms. The van der Waals surface area contributed by atoms with Crippen LogP contribution in [0.3, 0.4) is 0 Å². The number of hydrogen-bond acceptors (Lipinski definition) is 2. The van der Waals surface area contributed by atoms with E-state index in [1.165, 1.54) is 11.6 Å². The molecular formula is C31H26FNO. The molecule has 3 aliphatic rings. The van der Waals surface area contributed by atoms with Crippen LogP contribution in [-0.2, 0) is 12.8 Å². The summed E-state index contributed by atoms with van der Waals surface area (Å²) in [6, 6.07) is 18.8. The van der Waals surface area contributed by atoms with E-state index in [1.54, 1.807) is 6.07 Å². The van der Waals surface area contributed by atoms with Crippen molar-refractivity contribution in [3.63, 3.8) is 0 Å². The zero-order valence-corrected chi connectivity index (χ0v) is 18.9. The number of aryl methyl sites for hydroxylation is 1. The highest BCUT2D eigenvalue weighted by atomic mass is 19.1. The highest BCUT2D eigenvalue weighted by Gasteiger charge is 2.23. The predicted molar refractivity (Wildman–Crippen MR) is 137 cm³/mol. The molecule has 1 aliphatic heterocycles. The number of fused-ring (bicyclic) bond motifs is 5. The van der Waals surface area contributed by atoms with E-state index >= 15 is 0 Å². The average molecular weight is 448 g/mol. The molecule has 6 rings (SSSR count). The molecule has 1 N–H and O–H groups in total. The van der Waals surface area contributed by atoms with Crippen molar-refractivity contribution >= 4 is 17.9 Å². The molecule has 3 aromatic rings. The Balaban J connectivity index is 0.000000297. The number of allylic oxidation sites excluding steroid dienone is 4. The maximum Gasteiger partial charge on any atom is 0.169 e. The van der Waals surface area contributed by atoms with Crippen LogP contribution in [0.2, 0.25) is 0 Å². The summed E-state index contributed by atoms with van der Waals surface area (Å²) < 4.78 is 13.8. The van der Waals surface area contributed by atoms with Gasteiger partial charge in [0.1, 0.15) is 5.82 Å². The maximum atomic E-state index is 13.8. The molecule has 3 aromatic carbocycles. The van der Waals surface area contributed by atoms with Crippen molar-refractivity contribution in [2.75, 3.05) is 0 Å². The van der Waals surface area contributed by atoms with Gasteiger partial charge in [0.2, 0.25) is 0 Å². The third-order valence-corrected chi connectivity index (χ3v) is 6.47. The SMILES string of the molecule is C1=CC=CNC=C1.O=C(c1ccccc1)C1C=c2c(ccc3c2=CCc2ccc(F)cc2-3)CC1. The van der Waals surface area contributed by atoms with Gasteiger partial charge in [-0.3, -0.25) is 4.79 Å². The number of hydrogen-bond donors (Lipinski definition) is 1. The van der Waals surface area contributed by atoms with Crippen LogP contribution >= 0.6 is 0 Å². The third kappa shape index (κ3) is 4.55. The highest BCUT2D eigenvalue weighted by Crippen LogP contribution is 2.27. The predicted octanol–water partition coefficient (Wildman–Crippen LogP) is 5.23. The molecule has 0 bridgehead atoms. The van der Waals surface area contributed by atoms with Gasteiger partial charge in [-0.25, -0.2) is 4.39 Å². The maximum absolute atomic E-state index is 13.8. The smallest absolute Gasteiger partial charge is 0.169 e. The zero-order chi connectivity index (χ0) is 23.3. The van der Waals surface area contributed by atoms with Gasteiger partial charge in [-0.2, -0.15) is 0 Å². The van der Waals surface area contributed by atoms with Crippen molar-refractivity contribution in [3.8, 4) is 11.1 Å². The minimum Gasteiger partial charge on any atom is -0.368 e. The Morgan fingerprint density at radius 3 is 2.38 bits per heavy atom. The first-order valence-corrected chi connectivity index (χ1v) is 11.7. The Morgan fingerprint density at radius 2 is 1.59 bits per heavy atom. The van der Waals surface area contributed by atoms with Gasteiger partial charge in [-0.1, -0.05) is 72.8 Å². The van der Waals surface area contributed by atoms with Crippen LogP contribution in [0, 0.1) is 11.7 Å². The molecule has 0 radical (unpaired) electrons. The summed E-state index contributed by atoms with van der Waals surface area (Å²) in [5, 5.41) is 5.23. The fourth-order valence-electron chi connectivity index (χ4n) is 4.77. The number of Topliss-reactive ketones (excluding diaryl/α,β-unsaturated/α-hetero) is 1. The second kappa shape index (κ2) is 9.88. The van der Waals surface area contributed by atoms with Crippen molar-refractivity contribution in [3.05, 3.63) is 130 Å². The van der Waals surface area contributed by atoms with Crippen LogP contribution in [0.1, 0.15) is 27.9 Å². The standard InChI is InChI=1S/C25H19FO.C6H7N/c26-20-11-8-17-10-12-21-22(24(17)15-20)13-9-16-6-7-19(14-23(16)21)25(27)18-4-2-1-3-5-18;1-2-4-6-7-5-3-1/h1-5,8-9,11-15,19H,6-7,10H2;1-7H. The van der Waals surface area contributed by atoms with E-state index in [0.29, 0.717) is 0 Å². The molecule has 0 fully saturated rings. The minimum absolute atomic E-state index is 0.103. The van der Waals surface area contributed by atoms with Crippen LogP contribution in [0.5, 0.6) is 0 Å². The molecule has 3 heteroatoms. The highest BCUT2D eigenvalue weighted by molar-refractivity contribution is 6.01. The van der Waals surface area contributed by atoms with Gasteiger partial charge < -0.3 is 5.32 Å². The van der Waals surface area contributed by atoms with Crippen molar-refractivity contribution in [2.24, 2.45) is 5.92 Å². The fourth-order valence-corrected chi connectivity index (χ4v) is 4.77. The Morgan fingerprint density at radius 1 is 0.824 bits per heavy atom. The van der Waals surface area contributed by atoms with E-state index in [4.69, 9.17) is 0 Å². The summed E-state index contributed by atoms with van der Waals surface area (Å²) in [5.41, 5.74) is 5.24. The molecule has 0 saturated carbocycles. The summed E-state index contributed by atoms with van der Waals surface area (Å²) in [5.74, 6) is -0.129. The molecule has 1 heterocycles. The largest absolute Gasteiger partial charge is 0.368 e. The van der Waals surface area contributed by atoms with E-state index in [2.05, 4.69) is 29.6 Å². The number of benzene rings is 3. The number of ketones is 1. The molecule has 34 heavy (non-hydrogen) atoms. The average Bonchev–Trinajstić information content (AvgIpc) is 3.22. The van der Waals surface area contributed by atoms with Gasteiger partial charge in [0.05, 0.1) is 0 Å². The lowest BCUT2D eigenvalue weighted by molar-refractivity contribution is 0.0947. The van der Waals surface area contributed by atoms with E-state index < -0.39 is 0 Å². The van der Waals surface area contributed by atoms with Crippen LogP contribution < -0.4 is 15.8 Å². The lowest BCUT2D eigenvalue weighted by Crippen LogP contribution is -2.37. The van der Waals surface area contributed by atoms with Gasteiger partial charge in [-0.05, 0) is 76.2 Å². The molecule has 0 saturated heterocycles. The molecule has 1 atom stereocenters. The third-order valence-electron chi connectivity index (χ3n) is 6.47. The molecule has 2 aliphatic carbocycles. The lowest BCUT2D eigenvalue weighted by Gasteiger charge is -2.21. The van der Waals surface area contributed by atoms with E-state index in [-0.39, 0.29) is 17.5 Å². The fraction of sp³-hybridized carbons (Fsp3) is 0.129. The summed E-state index contributed by atoms with van der Waals surface area (Å²) >= 11 is 0. The summed E-state index contributed by atoms with van der Waals surface area (Å²) in [6.07, 6.45) is 18.5. The van der Waals surface area contributed by atoms with E-state index in [0.717, 1.165) is 52.0 Å². The summed E-state index contributed by atoms with van der Waals surface area (Å²) in [7, 11) is 0. The first-order valence-electron chi connectivity index (χ1n) is 11.7. The van der Waals surface area contributed by atoms with Crippen molar-refractivity contribution in [1.29, 1.82) is 0 Å². The van der Waals surface area contributed by atoms with Gasteiger partial charge in [0.25, 0.3) is 0 Å². The second-order valence-electron chi connectivity index (χ2n) is 8.62. The number of carbonyl (C=O) groups excluding carboxylic acids is 1. The first-order chi connectivity index (χ1) is 16.7. The number of carbonyl (C=O) groups is 1. The van der Waals surface area contributed by atoms with Gasteiger partial charge in [0.15, 0.2) is 5.78 Å². The molecule has 0 amide bonds. The van der Waals surface area contributed by atoms with Crippen molar-refractivity contribution < 1.29 is 9.18 Å². The molecule has 1 unspecified atom stereocenters. The minimum atomic E-state index is -0.208. The first kappa shape index (κ1) is 21.8. The Hall–Kier alpha value is -3.98. The summed E-state index contributed by atoms with van der Waals surface area (Å²) in [4.78, 5) is 12.9. The van der Waals surface area contributed by atoms with E-state index in [1.807, 2.05) is 73.1 Å². The van der Waals surface area contributed by atoms with Gasteiger partial charge in [0, 0.05) is 23.9 Å². The Labute approximate surface area is 199 Å². The molecular weight excluding hydrogens is 421 g/mol. The van der Waals surface area contributed by atoms with Crippen LogP contribution in [0.25, 0.3) is 23.3 Å². The monoisotopic (exact) mass is 447 g/mol.